The summed E-state index contributed by atoms with van der Waals surface area (Å²) < 4.78 is 0. The van der Waals surface area contributed by atoms with Crippen LogP contribution >= 0.6 is 34.3 Å². The zero-order valence-electron chi connectivity index (χ0n) is 5.50. The van der Waals surface area contributed by atoms with Crippen molar-refractivity contribution in [2.75, 3.05) is 0 Å². The molecule has 0 amide bonds. The molecule has 0 aliphatic rings. The molecule has 0 aromatic carbocycles. The van der Waals surface area contributed by atoms with Gasteiger partial charge < -0.3 is 0 Å². The van der Waals surface area contributed by atoms with E-state index in [2.05, 4.69) is 5.38 Å². The molecule has 2 rings (SSSR count). The molecule has 2 heterocycles. The summed E-state index contributed by atoms with van der Waals surface area (Å²) in [4.78, 5) is 1.19. The highest BCUT2D eigenvalue weighted by Crippen LogP contribution is 2.30. The third-order valence-corrected chi connectivity index (χ3v) is 3.23. The zero-order valence-corrected chi connectivity index (χ0v) is 7.89. The Morgan fingerprint density at radius 3 is 2.91 bits per heavy atom. The first-order valence-corrected chi connectivity index (χ1v) is 5.19. The minimum atomic E-state index is 0.810. The lowest BCUT2D eigenvalue weighted by Crippen LogP contribution is -1.59. The minimum Gasteiger partial charge on any atom is -0.142 e. The van der Waals surface area contributed by atoms with Crippen molar-refractivity contribution in [1.29, 1.82) is 0 Å². The van der Waals surface area contributed by atoms with Crippen LogP contribution in [0.3, 0.4) is 0 Å². The molecular formula is C8H4ClS2. The van der Waals surface area contributed by atoms with Crippen LogP contribution in [0.4, 0.5) is 0 Å². The number of rotatable bonds is 1. The van der Waals surface area contributed by atoms with Gasteiger partial charge in [0.1, 0.15) is 0 Å². The lowest BCUT2D eigenvalue weighted by molar-refractivity contribution is 1.88. The fourth-order valence-electron chi connectivity index (χ4n) is 0.820. The maximum Gasteiger partial charge on any atom is 0.0535 e. The average molecular weight is 200 g/mol. The van der Waals surface area contributed by atoms with Crippen LogP contribution in [0.1, 0.15) is 0 Å². The highest BCUT2D eigenvalue weighted by Gasteiger charge is 2.00. The number of hydrogen-bond acceptors (Lipinski definition) is 2. The van der Waals surface area contributed by atoms with E-state index >= 15 is 0 Å². The van der Waals surface area contributed by atoms with E-state index in [-0.39, 0.29) is 0 Å². The Bertz CT molecular complexity index is 335. The molecular weight excluding hydrogens is 196 g/mol. The molecule has 0 N–H and O–H groups in total. The molecule has 0 fully saturated rings. The van der Waals surface area contributed by atoms with Crippen molar-refractivity contribution in [3.8, 4) is 10.4 Å². The molecule has 0 nitrogen and oxygen atoms in total. The predicted molar refractivity (Wildman–Crippen MR) is 51.5 cm³/mol. The van der Waals surface area contributed by atoms with E-state index < -0.39 is 0 Å². The quantitative estimate of drug-likeness (QED) is 0.653. The zero-order chi connectivity index (χ0) is 7.68. The van der Waals surface area contributed by atoms with Crippen molar-refractivity contribution in [2.45, 2.75) is 0 Å². The lowest BCUT2D eigenvalue weighted by Gasteiger charge is -1.85. The molecule has 0 spiro atoms. The SMILES string of the molecule is Clc1csc(-c2[c]scc2)c1. The maximum absolute atomic E-state index is 5.78. The summed E-state index contributed by atoms with van der Waals surface area (Å²) in [5.74, 6) is 0. The maximum atomic E-state index is 5.78. The molecule has 0 saturated heterocycles. The third kappa shape index (κ3) is 1.48. The van der Waals surface area contributed by atoms with Crippen LogP contribution in [-0.2, 0) is 0 Å². The Labute approximate surface area is 78.1 Å². The van der Waals surface area contributed by atoms with E-state index in [1.165, 1.54) is 4.88 Å². The molecule has 2 aromatic heterocycles. The third-order valence-electron chi connectivity index (χ3n) is 1.30. The van der Waals surface area contributed by atoms with E-state index in [0.717, 1.165) is 10.6 Å². The van der Waals surface area contributed by atoms with E-state index in [0.29, 0.717) is 0 Å². The molecule has 0 atom stereocenters. The van der Waals surface area contributed by atoms with Crippen molar-refractivity contribution in [3.05, 3.63) is 33.3 Å². The van der Waals surface area contributed by atoms with E-state index in [4.69, 9.17) is 11.6 Å². The summed E-state index contributed by atoms with van der Waals surface area (Å²) in [6.07, 6.45) is 0. The van der Waals surface area contributed by atoms with Crippen LogP contribution in [0, 0.1) is 5.38 Å². The van der Waals surface area contributed by atoms with Gasteiger partial charge in [-0.05, 0) is 17.5 Å². The van der Waals surface area contributed by atoms with Gasteiger partial charge in [-0.3, -0.25) is 0 Å². The molecule has 55 valence electrons. The topological polar surface area (TPSA) is 0 Å². The van der Waals surface area contributed by atoms with Crippen LogP contribution in [0.15, 0.2) is 22.9 Å². The van der Waals surface area contributed by atoms with Crippen LogP contribution in [0.5, 0.6) is 0 Å². The van der Waals surface area contributed by atoms with Gasteiger partial charge >= 0.3 is 0 Å². The van der Waals surface area contributed by atoms with Gasteiger partial charge in [0.25, 0.3) is 0 Å². The molecule has 0 saturated carbocycles. The highest BCUT2D eigenvalue weighted by molar-refractivity contribution is 7.14. The number of halogens is 1. The van der Waals surface area contributed by atoms with Crippen LogP contribution in [0.2, 0.25) is 5.02 Å². The van der Waals surface area contributed by atoms with E-state index in [1.807, 2.05) is 22.9 Å². The molecule has 2 aromatic rings. The van der Waals surface area contributed by atoms with Gasteiger partial charge in [0.05, 0.1) is 10.4 Å². The summed E-state index contributed by atoms with van der Waals surface area (Å²) in [6.45, 7) is 0. The first kappa shape index (κ1) is 7.35. The summed E-state index contributed by atoms with van der Waals surface area (Å²) in [7, 11) is 0. The van der Waals surface area contributed by atoms with Crippen LogP contribution in [0.25, 0.3) is 10.4 Å². The number of thiophene rings is 2. The minimum absolute atomic E-state index is 0.810. The standard InChI is InChI=1S/C8H4ClS2/c9-7-3-8(11-5-7)6-1-2-10-4-6/h1-3,5H. The molecule has 3 heteroatoms. The van der Waals surface area contributed by atoms with Crippen molar-refractivity contribution in [1.82, 2.24) is 0 Å². The van der Waals surface area contributed by atoms with Crippen molar-refractivity contribution >= 4 is 34.3 Å². The molecule has 0 aliphatic carbocycles. The van der Waals surface area contributed by atoms with Crippen molar-refractivity contribution < 1.29 is 0 Å². The van der Waals surface area contributed by atoms with Gasteiger partial charge in [-0.25, -0.2) is 0 Å². The largest absolute Gasteiger partial charge is 0.142 e. The summed E-state index contributed by atoms with van der Waals surface area (Å²) in [5.41, 5.74) is 1.15. The lowest BCUT2D eigenvalue weighted by atomic mass is 10.3. The van der Waals surface area contributed by atoms with Gasteiger partial charge in [0.15, 0.2) is 0 Å². The Hall–Kier alpha value is -0.310. The van der Waals surface area contributed by atoms with Crippen LogP contribution in [-0.4, -0.2) is 0 Å². The molecule has 0 unspecified atom stereocenters. The second kappa shape index (κ2) is 2.97. The molecule has 0 aliphatic heterocycles. The van der Waals surface area contributed by atoms with Gasteiger partial charge in [0.2, 0.25) is 0 Å². The van der Waals surface area contributed by atoms with E-state index in [9.17, 15) is 0 Å². The van der Waals surface area contributed by atoms with E-state index in [1.54, 1.807) is 22.7 Å². The van der Waals surface area contributed by atoms with Gasteiger partial charge in [0, 0.05) is 15.8 Å². The Balaban J connectivity index is 2.45. The second-order valence-electron chi connectivity index (χ2n) is 2.07. The smallest absolute Gasteiger partial charge is 0.0535 e. The average Bonchev–Trinajstić information content (AvgIpc) is 2.55. The monoisotopic (exact) mass is 199 g/mol. The van der Waals surface area contributed by atoms with Crippen molar-refractivity contribution in [2.24, 2.45) is 0 Å². The summed E-state index contributed by atoms with van der Waals surface area (Å²) in [6, 6.07) is 4.01. The molecule has 1 radical (unpaired) electrons. The summed E-state index contributed by atoms with van der Waals surface area (Å²) >= 11 is 9.01. The van der Waals surface area contributed by atoms with Gasteiger partial charge in [-0.15, -0.1) is 22.7 Å². The van der Waals surface area contributed by atoms with Gasteiger partial charge in [-0.1, -0.05) is 11.6 Å². The highest BCUT2D eigenvalue weighted by atomic mass is 35.5. The number of hydrogen-bond donors (Lipinski definition) is 0. The molecule has 0 bridgehead atoms. The normalized spacial score (nSPS) is 10.3. The Kier molecular flexibility index (Phi) is 1.98. The van der Waals surface area contributed by atoms with Crippen molar-refractivity contribution in [3.63, 3.8) is 0 Å². The van der Waals surface area contributed by atoms with Gasteiger partial charge in [-0.2, -0.15) is 0 Å². The first-order valence-electron chi connectivity index (χ1n) is 3.06. The first-order chi connectivity index (χ1) is 5.36. The fraction of sp³-hybridized carbons (Fsp3) is 0. The second-order valence-corrected chi connectivity index (χ2v) is 4.13. The molecule has 11 heavy (non-hydrogen) atoms. The summed E-state index contributed by atoms with van der Waals surface area (Å²) in [5, 5.41) is 7.92. The Morgan fingerprint density at radius 2 is 2.36 bits per heavy atom. The fourth-order valence-corrected chi connectivity index (χ4v) is 2.52. The Morgan fingerprint density at radius 1 is 1.45 bits per heavy atom. The predicted octanol–water partition coefficient (Wildman–Crippen LogP) is 3.93. The van der Waals surface area contributed by atoms with Crippen LogP contribution < -0.4 is 0 Å².